The van der Waals surface area contributed by atoms with E-state index in [9.17, 15) is 4.79 Å². The standard InChI is InChI=1S/C22H14O2/c23-22-21-19(14-7-2-1-3-8-14)17-11-5-4-10-16(17)18-12-6-9-15(13-24-22)20(18)21/h1-12H,13H2. The Labute approximate surface area is 139 Å². The molecule has 2 nitrogen and oxygen atoms in total. The minimum Gasteiger partial charge on any atom is -0.457 e. The van der Waals surface area contributed by atoms with Crippen molar-refractivity contribution < 1.29 is 9.53 Å². The summed E-state index contributed by atoms with van der Waals surface area (Å²) >= 11 is 0. The van der Waals surface area contributed by atoms with Gasteiger partial charge in [0.1, 0.15) is 6.61 Å². The lowest BCUT2D eigenvalue weighted by atomic mass is 9.85. The van der Waals surface area contributed by atoms with Crippen LogP contribution in [-0.2, 0) is 11.3 Å². The number of esters is 1. The molecule has 0 aliphatic carbocycles. The van der Waals surface area contributed by atoms with Gasteiger partial charge in [-0.25, -0.2) is 4.79 Å². The molecule has 0 radical (unpaired) electrons. The summed E-state index contributed by atoms with van der Waals surface area (Å²) < 4.78 is 5.47. The molecule has 1 heterocycles. The summed E-state index contributed by atoms with van der Waals surface area (Å²) in [7, 11) is 0. The Morgan fingerprint density at radius 2 is 1.38 bits per heavy atom. The first kappa shape index (κ1) is 13.3. The van der Waals surface area contributed by atoms with Crippen molar-refractivity contribution in [2.24, 2.45) is 0 Å². The van der Waals surface area contributed by atoms with Gasteiger partial charge in [-0.05, 0) is 27.3 Å². The quantitative estimate of drug-likeness (QED) is 0.351. The topological polar surface area (TPSA) is 26.3 Å². The lowest BCUT2D eigenvalue weighted by Crippen LogP contribution is -2.14. The van der Waals surface area contributed by atoms with Gasteiger partial charge in [0, 0.05) is 10.9 Å². The van der Waals surface area contributed by atoms with E-state index in [4.69, 9.17) is 4.74 Å². The van der Waals surface area contributed by atoms with Crippen LogP contribution in [0.2, 0.25) is 0 Å². The van der Waals surface area contributed by atoms with Crippen LogP contribution in [0.3, 0.4) is 0 Å². The van der Waals surface area contributed by atoms with Gasteiger partial charge in [-0.1, -0.05) is 72.8 Å². The molecule has 0 aromatic heterocycles. The number of hydrogen-bond acceptors (Lipinski definition) is 2. The number of ether oxygens (including phenoxy) is 1. The van der Waals surface area contributed by atoms with Crippen LogP contribution in [0, 0.1) is 0 Å². The predicted molar refractivity (Wildman–Crippen MR) is 96.0 cm³/mol. The second-order valence-electron chi connectivity index (χ2n) is 6.08. The molecule has 0 amide bonds. The van der Waals surface area contributed by atoms with Crippen molar-refractivity contribution in [1.82, 2.24) is 0 Å². The first-order valence-electron chi connectivity index (χ1n) is 8.03. The minimum absolute atomic E-state index is 0.233. The fourth-order valence-electron chi connectivity index (χ4n) is 3.76. The summed E-state index contributed by atoms with van der Waals surface area (Å²) in [5.41, 5.74) is 3.77. The molecular formula is C22H14O2. The smallest absolute Gasteiger partial charge is 0.339 e. The molecule has 1 aliphatic rings. The van der Waals surface area contributed by atoms with E-state index in [-0.39, 0.29) is 5.97 Å². The Kier molecular flexibility index (Phi) is 2.74. The van der Waals surface area contributed by atoms with Crippen LogP contribution in [0.25, 0.3) is 32.7 Å². The Hall–Kier alpha value is -3.13. The van der Waals surface area contributed by atoms with Crippen LogP contribution < -0.4 is 0 Å². The second kappa shape index (κ2) is 4.93. The van der Waals surface area contributed by atoms with Crippen LogP contribution >= 0.6 is 0 Å². The molecule has 4 aromatic carbocycles. The number of benzene rings is 4. The SMILES string of the molecule is O=C1OCc2cccc3c2c1c(-c1ccccc1)c1ccccc13. The van der Waals surface area contributed by atoms with E-state index in [1.54, 1.807) is 0 Å². The number of carbonyl (C=O) groups excluding carboxylic acids is 1. The van der Waals surface area contributed by atoms with Gasteiger partial charge in [0.15, 0.2) is 0 Å². The molecule has 114 valence electrons. The van der Waals surface area contributed by atoms with Gasteiger partial charge >= 0.3 is 5.97 Å². The lowest BCUT2D eigenvalue weighted by molar-refractivity contribution is 0.0464. The summed E-state index contributed by atoms with van der Waals surface area (Å²) in [6, 6.07) is 24.5. The van der Waals surface area contributed by atoms with Gasteiger partial charge < -0.3 is 4.74 Å². The highest BCUT2D eigenvalue weighted by molar-refractivity contribution is 6.24. The first-order valence-corrected chi connectivity index (χ1v) is 8.03. The van der Waals surface area contributed by atoms with Crippen molar-refractivity contribution in [1.29, 1.82) is 0 Å². The zero-order valence-electron chi connectivity index (χ0n) is 13.0. The highest BCUT2D eigenvalue weighted by atomic mass is 16.5. The van der Waals surface area contributed by atoms with Gasteiger partial charge in [0.2, 0.25) is 0 Å². The monoisotopic (exact) mass is 310 g/mol. The molecule has 2 heteroatoms. The molecule has 24 heavy (non-hydrogen) atoms. The maximum Gasteiger partial charge on any atom is 0.339 e. The van der Waals surface area contributed by atoms with Crippen LogP contribution in [0.5, 0.6) is 0 Å². The number of cyclic esters (lactones) is 1. The van der Waals surface area contributed by atoms with Crippen LogP contribution in [0.4, 0.5) is 0 Å². The Balaban J connectivity index is 2.09. The normalized spacial score (nSPS) is 13.2. The molecular weight excluding hydrogens is 296 g/mol. The molecule has 0 fully saturated rings. The van der Waals surface area contributed by atoms with Crippen molar-refractivity contribution in [3.05, 3.63) is 83.9 Å². The highest BCUT2D eigenvalue weighted by Gasteiger charge is 2.27. The zero-order chi connectivity index (χ0) is 16.1. The second-order valence-corrected chi connectivity index (χ2v) is 6.08. The van der Waals surface area contributed by atoms with E-state index >= 15 is 0 Å². The van der Waals surface area contributed by atoms with E-state index in [0.717, 1.165) is 32.8 Å². The van der Waals surface area contributed by atoms with Crippen molar-refractivity contribution in [2.45, 2.75) is 6.61 Å². The fourth-order valence-corrected chi connectivity index (χ4v) is 3.76. The molecule has 0 atom stereocenters. The Morgan fingerprint density at radius 1 is 0.667 bits per heavy atom. The minimum atomic E-state index is -0.233. The van der Waals surface area contributed by atoms with Crippen molar-refractivity contribution >= 4 is 27.5 Å². The zero-order valence-corrected chi connectivity index (χ0v) is 13.0. The van der Waals surface area contributed by atoms with Crippen LogP contribution in [0.15, 0.2) is 72.8 Å². The molecule has 1 aliphatic heterocycles. The van der Waals surface area contributed by atoms with Gasteiger partial charge in [-0.15, -0.1) is 0 Å². The molecule has 0 N–H and O–H groups in total. The number of rotatable bonds is 1. The van der Waals surface area contributed by atoms with Crippen molar-refractivity contribution in [2.75, 3.05) is 0 Å². The van der Waals surface area contributed by atoms with Gasteiger partial charge in [-0.3, -0.25) is 0 Å². The number of fused-ring (bicyclic) bond motifs is 2. The summed E-state index contributed by atoms with van der Waals surface area (Å²) in [6.07, 6.45) is 0. The van der Waals surface area contributed by atoms with E-state index in [2.05, 4.69) is 30.3 Å². The fraction of sp³-hybridized carbons (Fsp3) is 0.0455. The van der Waals surface area contributed by atoms with Crippen molar-refractivity contribution in [3.63, 3.8) is 0 Å². The molecule has 0 unspecified atom stereocenters. The molecule has 0 saturated heterocycles. The summed E-state index contributed by atoms with van der Waals surface area (Å²) in [5, 5.41) is 4.41. The maximum absolute atomic E-state index is 12.7. The number of carbonyl (C=O) groups is 1. The third-order valence-electron chi connectivity index (χ3n) is 4.76. The van der Waals surface area contributed by atoms with Crippen LogP contribution in [-0.4, -0.2) is 5.97 Å². The first-order chi connectivity index (χ1) is 11.8. The molecule has 4 aromatic rings. The largest absolute Gasteiger partial charge is 0.457 e. The Bertz CT molecular complexity index is 1110. The molecule has 0 saturated carbocycles. The third kappa shape index (κ3) is 1.74. The van der Waals surface area contributed by atoms with E-state index in [0.29, 0.717) is 12.2 Å². The average Bonchev–Trinajstić information content (AvgIpc) is 2.65. The van der Waals surface area contributed by atoms with E-state index in [1.165, 1.54) is 5.39 Å². The van der Waals surface area contributed by atoms with Gasteiger partial charge in [-0.2, -0.15) is 0 Å². The van der Waals surface area contributed by atoms with E-state index in [1.807, 2.05) is 42.5 Å². The molecule has 5 rings (SSSR count). The highest BCUT2D eigenvalue weighted by Crippen LogP contribution is 2.42. The molecule has 0 bridgehead atoms. The summed E-state index contributed by atoms with van der Waals surface area (Å²) in [4.78, 5) is 12.7. The maximum atomic E-state index is 12.7. The van der Waals surface area contributed by atoms with Gasteiger partial charge in [0.25, 0.3) is 0 Å². The van der Waals surface area contributed by atoms with E-state index < -0.39 is 0 Å². The third-order valence-corrected chi connectivity index (χ3v) is 4.76. The Morgan fingerprint density at radius 3 is 2.21 bits per heavy atom. The number of hydrogen-bond donors (Lipinski definition) is 0. The summed E-state index contributed by atoms with van der Waals surface area (Å²) in [6.45, 7) is 0.343. The van der Waals surface area contributed by atoms with Crippen molar-refractivity contribution in [3.8, 4) is 11.1 Å². The summed E-state index contributed by atoms with van der Waals surface area (Å²) in [5.74, 6) is -0.233. The van der Waals surface area contributed by atoms with Gasteiger partial charge in [0.05, 0.1) is 5.56 Å². The molecule has 0 spiro atoms. The van der Waals surface area contributed by atoms with Crippen LogP contribution in [0.1, 0.15) is 15.9 Å². The lowest BCUT2D eigenvalue weighted by Gasteiger charge is -2.22. The average molecular weight is 310 g/mol. The predicted octanol–water partition coefficient (Wildman–Crippen LogP) is 5.33.